The van der Waals surface area contributed by atoms with Gasteiger partial charge in [-0.15, -0.1) is 0 Å². The number of esters is 1. The van der Waals surface area contributed by atoms with Crippen molar-refractivity contribution in [1.82, 2.24) is 0 Å². The van der Waals surface area contributed by atoms with E-state index < -0.39 is 5.97 Å². The fourth-order valence-corrected chi connectivity index (χ4v) is 4.42. The van der Waals surface area contributed by atoms with Crippen molar-refractivity contribution in [2.24, 2.45) is 0 Å². The first-order valence-electron chi connectivity index (χ1n) is 9.28. The summed E-state index contributed by atoms with van der Waals surface area (Å²) in [6.07, 6.45) is 0. The van der Waals surface area contributed by atoms with E-state index in [1.165, 1.54) is 23.8 Å². The summed E-state index contributed by atoms with van der Waals surface area (Å²) in [4.78, 5) is 12.6. The van der Waals surface area contributed by atoms with Crippen molar-refractivity contribution in [2.75, 3.05) is 13.9 Å². The average Bonchev–Trinajstić information content (AvgIpc) is 3.27. The third-order valence-electron chi connectivity index (χ3n) is 5.82. The van der Waals surface area contributed by atoms with Crippen LogP contribution in [0, 0.1) is 0 Å². The molecule has 0 fully saturated rings. The average molecular weight is 372 g/mol. The monoisotopic (exact) mass is 372 g/mol. The standard InChI is InChI=1S/C24H20O4/c1-24(2)18-9-5-4-7-15(18)22-14(8-6-10-19(22)24)16-11-20-21(28-13-27-20)12-17(16)23(25)26-3/h4-12H,13H2,1-3H3. The highest BCUT2D eigenvalue weighted by molar-refractivity contribution is 6.02. The lowest BCUT2D eigenvalue weighted by Gasteiger charge is -2.21. The molecule has 28 heavy (non-hydrogen) atoms. The van der Waals surface area contributed by atoms with Gasteiger partial charge >= 0.3 is 5.97 Å². The fraction of sp³-hybridized carbons (Fsp3) is 0.208. The van der Waals surface area contributed by atoms with E-state index in [0.717, 1.165) is 16.7 Å². The summed E-state index contributed by atoms with van der Waals surface area (Å²) in [6.45, 7) is 4.63. The lowest BCUT2D eigenvalue weighted by Crippen LogP contribution is -2.14. The van der Waals surface area contributed by atoms with Crippen molar-refractivity contribution in [3.63, 3.8) is 0 Å². The second-order valence-electron chi connectivity index (χ2n) is 7.64. The first-order valence-corrected chi connectivity index (χ1v) is 9.28. The van der Waals surface area contributed by atoms with Crippen LogP contribution in [0.1, 0.15) is 35.3 Å². The highest BCUT2D eigenvalue weighted by Gasteiger charge is 2.37. The SMILES string of the molecule is COC(=O)c1cc2c(cc1-c1cccc3c1-c1ccccc1C3(C)C)OCO2. The number of fused-ring (bicyclic) bond motifs is 4. The number of rotatable bonds is 2. The molecule has 0 bridgehead atoms. The molecule has 0 unspecified atom stereocenters. The highest BCUT2D eigenvalue weighted by atomic mass is 16.7. The Morgan fingerprint density at radius 2 is 1.57 bits per heavy atom. The molecule has 0 N–H and O–H groups in total. The summed E-state index contributed by atoms with van der Waals surface area (Å²) in [6, 6.07) is 18.3. The van der Waals surface area contributed by atoms with Crippen LogP contribution in [0.15, 0.2) is 54.6 Å². The zero-order chi connectivity index (χ0) is 19.5. The molecule has 4 heteroatoms. The molecule has 1 aliphatic heterocycles. The first kappa shape index (κ1) is 16.9. The molecule has 0 atom stereocenters. The summed E-state index contributed by atoms with van der Waals surface area (Å²) < 4.78 is 16.1. The molecular weight excluding hydrogens is 352 g/mol. The van der Waals surface area contributed by atoms with Crippen molar-refractivity contribution < 1.29 is 19.0 Å². The summed E-state index contributed by atoms with van der Waals surface area (Å²) in [7, 11) is 1.39. The van der Waals surface area contributed by atoms with Gasteiger partial charge in [-0.05, 0) is 39.9 Å². The summed E-state index contributed by atoms with van der Waals surface area (Å²) >= 11 is 0. The zero-order valence-electron chi connectivity index (χ0n) is 16.0. The van der Waals surface area contributed by atoms with E-state index in [1.54, 1.807) is 6.07 Å². The molecule has 0 spiro atoms. The van der Waals surface area contributed by atoms with Gasteiger partial charge in [-0.3, -0.25) is 0 Å². The minimum atomic E-state index is -0.392. The van der Waals surface area contributed by atoms with Crippen LogP contribution in [0.3, 0.4) is 0 Å². The molecule has 1 heterocycles. The van der Waals surface area contributed by atoms with E-state index in [-0.39, 0.29) is 12.2 Å². The van der Waals surface area contributed by atoms with Gasteiger partial charge in [-0.1, -0.05) is 56.3 Å². The van der Waals surface area contributed by atoms with Gasteiger partial charge in [0, 0.05) is 11.0 Å². The molecule has 0 saturated carbocycles. The van der Waals surface area contributed by atoms with Crippen molar-refractivity contribution in [3.05, 3.63) is 71.3 Å². The third-order valence-corrected chi connectivity index (χ3v) is 5.82. The molecule has 2 aliphatic rings. The lowest BCUT2D eigenvalue weighted by molar-refractivity contribution is 0.0601. The Balaban J connectivity index is 1.83. The quantitative estimate of drug-likeness (QED) is 0.582. The van der Waals surface area contributed by atoms with Crippen molar-refractivity contribution in [3.8, 4) is 33.8 Å². The van der Waals surface area contributed by atoms with Crippen LogP contribution in [0.4, 0.5) is 0 Å². The number of methoxy groups -OCH3 is 1. The summed E-state index contributed by atoms with van der Waals surface area (Å²) in [5, 5.41) is 0. The molecule has 0 radical (unpaired) electrons. The molecule has 0 amide bonds. The van der Waals surface area contributed by atoms with E-state index in [1.807, 2.05) is 12.1 Å². The van der Waals surface area contributed by atoms with Crippen LogP contribution in [0.2, 0.25) is 0 Å². The van der Waals surface area contributed by atoms with Gasteiger partial charge in [0.1, 0.15) is 0 Å². The number of hydrogen-bond acceptors (Lipinski definition) is 4. The van der Waals surface area contributed by atoms with Crippen molar-refractivity contribution in [2.45, 2.75) is 19.3 Å². The smallest absolute Gasteiger partial charge is 0.338 e. The lowest BCUT2D eigenvalue weighted by atomic mass is 9.82. The second kappa shape index (κ2) is 5.86. The maximum absolute atomic E-state index is 12.6. The van der Waals surface area contributed by atoms with Gasteiger partial charge in [0.25, 0.3) is 0 Å². The van der Waals surface area contributed by atoms with Crippen molar-refractivity contribution in [1.29, 1.82) is 0 Å². The number of benzene rings is 3. The Bertz CT molecular complexity index is 1130. The normalized spacial score (nSPS) is 15.1. The number of carbonyl (C=O) groups excluding carboxylic acids is 1. The maximum atomic E-state index is 12.6. The Morgan fingerprint density at radius 3 is 2.36 bits per heavy atom. The van der Waals surface area contributed by atoms with Gasteiger partial charge in [0.05, 0.1) is 12.7 Å². The number of carbonyl (C=O) groups is 1. The molecule has 0 saturated heterocycles. The van der Waals surface area contributed by atoms with E-state index in [2.05, 4.69) is 50.2 Å². The third kappa shape index (κ3) is 2.21. The maximum Gasteiger partial charge on any atom is 0.338 e. The number of ether oxygens (including phenoxy) is 3. The predicted octanol–water partition coefficient (Wildman–Crippen LogP) is 5.18. The molecular formula is C24H20O4. The Labute approximate surface area is 163 Å². The topological polar surface area (TPSA) is 44.8 Å². The Hall–Kier alpha value is -3.27. The highest BCUT2D eigenvalue weighted by Crippen LogP contribution is 2.53. The van der Waals surface area contributed by atoms with Crippen molar-refractivity contribution >= 4 is 5.97 Å². The largest absolute Gasteiger partial charge is 0.465 e. The van der Waals surface area contributed by atoms with Gasteiger partial charge < -0.3 is 14.2 Å². The molecule has 0 aromatic heterocycles. The van der Waals surface area contributed by atoms with E-state index in [9.17, 15) is 4.79 Å². The minimum Gasteiger partial charge on any atom is -0.465 e. The molecule has 1 aliphatic carbocycles. The summed E-state index contributed by atoms with van der Waals surface area (Å²) in [5.74, 6) is 0.819. The molecule has 140 valence electrons. The molecule has 5 rings (SSSR count). The summed E-state index contributed by atoms with van der Waals surface area (Å²) in [5.41, 5.74) is 7.05. The second-order valence-corrected chi connectivity index (χ2v) is 7.64. The van der Waals surface area contributed by atoms with Crippen LogP contribution in [-0.4, -0.2) is 19.9 Å². The fourth-order valence-electron chi connectivity index (χ4n) is 4.42. The van der Waals surface area contributed by atoms with E-state index in [0.29, 0.717) is 17.1 Å². The van der Waals surface area contributed by atoms with Crippen LogP contribution in [0.5, 0.6) is 11.5 Å². The van der Waals surface area contributed by atoms with Crippen LogP contribution in [0.25, 0.3) is 22.3 Å². The van der Waals surface area contributed by atoms with Crippen LogP contribution in [-0.2, 0) is 10.2 Å². The minimum absolute atomic E-state index is 0.107. The zero-order valence-corrected chi connectivity index (χ0v) is 16.0. The van der Waals surface area contributed by atoms with E-state index >= 15 is 0 Å². The van der Waals surface area contributed by atoms with Gasteiger partial charge in [0.15, 0.2) is 11.5 Å². The van der Waals surface area contributed by atoms with Crippen LogP contribution < -0.4 is 9.47 Å². The predicted molar refractivity (Wildman–Crippen MR) is 107 cm³/mol. The Kier molecular flexibility index (Phi) is 3.53. The van der Waals surface area contributed by atoms with Gasteiger partial charge in [0.2, 0.25) is 6.79 Å². The van der Waals surface area contributed by atoms with E-state index in [4.69, 9.17) is 14.2 Å². The van der Waals surface area contributed by atoms with Gasteiger partial charge in [-0.2, -0.15) is 0 Å². The molecule has 3 aromatic carbocycles. The van der Waals surface area contributed by atoms with Gasteiger partial charge in [-0.25, -0.2) is 4.79 Å². The molecule has 4 nitrogen and oxygen atoms in total. The molecule has 3 aromatic rings. The number of hydrogen-bond donors (Lipinski definition) is 0. The van der Waals surface area contributed by atoms with Crippen LogP contribution >= 0.6 is 0 Å². The Morgan fingerprint density at radius 1 is 0.893 bits per heavy atom. The first-order chi connectivity index (χ1) is 13.5.